The lowest BCUT2D eigenvalue weighted by molar-refractivity contribution is -0.123. The number of pyridine rings is 1. The fourth-order valence-corrected chi connectivity index (χ4v) is 1.92. The Morgan fingerprint density at radius 1 is 1.48 bits per heavy atom. The average Bonchev–Trinajstić information content (AvgIpc) is 3.05. The lowest BCUT2D eigenvalue weighted by Gasteiger charge is -2.17. The molecule has 21 heavy (non-hydrogen) atoms. The van der Waals surface area contributed by atoms with Crippen molar-refractivity contribution in [2.24, 2.45) is 11.7 Å². The van der Waals surface area contributed by atoms with Gasteiger partial charge in [0.1, 0.15) is 0 Å². The zero-order valence-electron chi connectivity index (χ0n) is 12.4. The molecule has 0 aliphatic carbocycles. The van der Waals surface area contributed by atoms with Crippen LogP contribution in [-0.4, -0.2) is 26.7 Å². The first-order valence-electron chi connectivity index (χ1n) is 7.10. The van der Waals surface area contributed by atoms with Gasteiger partial charge in [-0.25, -0.2) is 9.67 Å². The van der Waals surface area contributed by atoms with E-state index in [-0.39, 0.29) is 11.8 Å². The Hall–Kier alpha value is -2.21. The molecule has 0 saturated heterocycles. The SMILES string of the molecule is CCC(C)C(N)C(=O)NCc1ccnc(-n2cccn2)c1. The topological polar surface area (TPSA) is 85.8 Å². The number of hydrogen-bond donors (Lipinski definition) is 2. The number of carbonyl (C=O) groups excluding carboxylic acids is 1. The van der Waals surface area contributed by atoms with Gasteiger partial charge < -0.3 is 11.1 Å². The fourth-order valence-electron chi connectivity index (χ4n) is 1.92. The van der Waals surface area contributed by atoms with E-state index < -0.39 is 6.04 Å². The van der Waals surface area contributed by atoms with Gasteiger partial charge in [0.15, 0.2) is 5.82 Å². The second-order valence-corrected chi connectivity index (χ2v) is 5.10. The molecule has 2 rings (SSSR count). The van der Waals surface area contributed by atoms with E-state index in [0.717, 1.165) is 17.8 Å². The van der Waals surface area contributed by atoms with Crippen molar-refractivity contribution in [3.05, 3.63) is 42.4 Å². The van der Waals surface area contributed by atoms with Gasteiger partial charge in [-0.3, -0.25) is 4.79 Å². The molecule has 0 bridgehead atoms. The van der Waals surface area contributed by atoms with E-state index in [9.17, 15) is 4.79 Å². The van der Waals surface area contributed by atoms with Crippen molar-refractivity contribution in [1.29, 1.82) is 0 Å². The molecule has 0 saturated carbocycles. The molecular formula is C15H21N5O. The summed E-state index contributed by atoms with van der Waals surface area (Å²) in [5, 5.41) is 7.00. The summed E-state index contributed by atoms with van der Waals surface area (Å²) in [7, 11) is 0. The highest BCUT2D eigenvalue weighted by atomic mass is 16.2. The Morgan fingerprint density at radius 3 is 2.95 bits per heavy atom. The standard InChI is InChI=1S/C15H21N5O/c1-3-11(2)14(16)15(21)18-10-12-5-7-17-13(9-12)20-8-4-6-19-20/h4-9,11,14H,3,10,16H2,1-2H3,(H,18,21). The van der Waals surface area contributed by atoms with E-state index in [2.05, 4.69) is 15.4 Å². The molecule has 6 nitrogen and oxygen atoms in total. The molecule has 1 amide bonds. The van der Waals surface area contributed by atoms with Gasteiger partial charge in [-0.15, -0.1) is 0 Å². The van der Waals surface area contributed by atoms with E-state index in [4.69, 9.17) is 5.73 Å². The molecule has 6 heteroatoms. The molecule has 0 aromatic carbocycles. The summed E-state index contributed by atoms with van der Waals surface area (Å²) in [4.78, 5) is 16.2. The Morgan fingerprint density at radius 2 is 2.29 bits per heavy atom. The Kier molecular flexibility index (Phi) is 5.05. The lowest BCUT2D eigenvalue weighted by Crippen LogP contribution is -2.44. The van der Waals surface area contributed by atoms with Crippen LogP contribution in [0, 0.1) is 5.92 Å². The summed E-state index contributed by atoms with van der Waals surface area (Å²) in [6, 6.07) is 5.12. The zero-order valence-corrected chi connectivity index (χ0v) is 12.4. The molecule has 0 radical (unpaired) electrons. The monoisotopic (exact) mass is 287 g/mol. The molecule has 2 unspecified atom stereocenters. The van der Waals surface area contributed by atoms with Gasteiger partial charge in [0.05, 0.1) is 6.04 Å². The van der Waals surface area contributed by atoms with Gasteiger partial charge in [0.25, 0.3) is 0 Å². The minimum Gasteiger partial charge on any atom is -0.351 e. The molecule has 3 N–H and O–H groups in total. The third-order valence-electron chi connectivity index (χ3n) is 3.58. The van der Waals surface area contributed by atoms with Gasteiger partial charge >= 0.3 is 0 Å². The highest BCUT2D eigenvalue weighted by Gasteiger charge is 2.18. The summed E-state index contributed by atoms with van der Waals surface area (Å²) in [5.41, 5.74) is 6.86. The Balaban J connectivity index is 1.98. The van der Waals surface area contributed by atoms with Crippen LogP contribution in [0.1, 0.15) is 25.8 Å². The maximum absolute atomic E-state index is 12.0. The van der Waals surface area contributed by atoms with Crippen LogP contribution in [-0.2, 0) is 11.3 Å². The second-order valence-electron chi connectivity index (χ2n) is 5.10. The van der Waals surface area contributed by atoms with Crippen molar-refractivity contribution in [1.82, 2.24) is 20.1 Å². The average molecular weight is 287 g/mol. The quantitative estimate of drug-likeness (QED) is 0.837. The first-order valence-corrected chi connectivity index (χ1v) is 7.10. The first-order chi connectivity index (χ1) is 10.1. The fraction of sp³-hybridized carbons (Fsp3) is 0.400. The molecule has 0 fully saturated rings. The van der Waals surface area contributed by atoms with Crippen LogP contribution < -0.4 is 11.1 Å². The zero-order chi connectivity index (χ0) is 15.2. The van der Waals surface area contributed by atoms with Gasteiger partial charge in [0.2, 0.25) is 5.91 Å². The Labute approximate surface area is 124 Å². The smallest absolute Gasteiger partial charge is 0.237 e. The third-order valence-corrected chi connectivity index (χ3v) is 3.58. The highest BCUT2D eigenvalue weighted by Crippen LogP contribution is 2.08. The van der Waals surface area contributed by atoms with Gasteiger partial charge in [0, 0.05) is 25.1 Å². The van der Waals surface area contributed by atoms with Crippen LogP contribution >= 0.6 is 0 Å². The predicted octanol–water partition coefficient (Wildman–Crippen LogP) is 1.26. The van der Waals surface area contributed by atoms with Crippen molar-refractivity contribution >= 4 is 5.91 Å². The molecule has 0 spiro atoms. The molecule has 2 atom stereocenters. The molecular weight excluding hydrogens is 266 g/mol. The maximum Gasteiger partial charge on any atom is 0.237 e. The highest BCUT2D eigenvalue weighted by molar-refractivity contribution is 5.81. The van der Waals surface area contributed by atoms with Crippen molar-refractivity contribution in [3.63, 3.8) is 0 Å². The van der Waals surface area contributed by atoms with Crippen LogP contribution in [0.3, 0.4) is 0 Å². The van der Waals surface area contributed by atoms with E-state index in [1.165, 1.54) is 0 Å². The molecule has 112 valence electrons. The van der Waals surface area contributed by atoms with Crippen molar-refractivity contribution in [2.75, 3.05) is 0 Å². The molecule has 2 aromatic rings. The predicted molar refractivity (Wildman–Crippen MR) is 80.6 cm³/mol. The summed E-state index contributed by atoms with van der Waals surface area (Å²) in [5.74, 6) is 0.766. The maximum atomic E-state index is 12.0. The summed E-state index contributed by atoms with van der Waals surface area (Å²) >= 11 is 0. The number of nitrogens with zero attached hydrogens (tertiary/aromatic N) is 3. The van der Waals surface area contributed by atoms with E-state index in [0.29, 0.717) is 6.54 Å². The normalized spacial score (nSPS) is 13.7. The third kappa shape index (κ3) is 3.88. The number of nitrogens with one attached hydrogen (secondary N) is 1. The van der Waals surface area contributed by atoms with Crippen LogP contribution in [0.15, 0.2) is 36.8 Å². The lowest BCUT2D eigenvalue weighted by atomic mass is 9.99. The van der Waals surface area contributed by atoms with Gasteiger partial charge in [-0.2, -0.15) is 5.10 Å². The number of amides is 1. The number of rotatable bonds is 6. The Bertz CT molecular complexity index is 582. The minimum atomic E-state index is -0.470. The van der Waals surface area contributed by atoms with E-state index in [1.54, 1.807) is 17.1 Å². The van der Waals surface area contributed by atoms with Crippen molar-refractivity contribution < 1.29 is 4.79 Å². The molecule has 0 aliphatic rings. The largest absolute Gasteiger partial charge is 0.351 e. The van der Waals surface area contributed by atoms with Crippen LogP contribution in [0.2, 0.25) is 0 Å². The van der Waals surface area contributed by atoms with Crippen LogP contribution in [0.4, 0.5) is 0 Å². The minimum absolute atomic E-state index is 0.123. The van der Waals surface area contributed by atoms with Crippen molar-refractivity contribution in [3.8, 4) is 5.82 Å². The molecule has 2 heterocycles. The summed E-state index contributed by atoms with van der Waals surface area (Å²) in [6.07, 6.45) is 6.10. The summed E-state index contributed by atoms with van der Waals surface area (Å²) < 4.78 is 1.68. The van der Waals surface area contributed by atoms with Gasteiger partial charge in [-0.05, 0) is 29.7 Å². The number of aromatic nitrogens is 3. The summed E-state index contributed by atoms with van der Waals surface area (Å²) in [6.45, 7) is 4.43. The van der Waals surface area contributed by atoms with Crippen LogP contribution in [0.25, 0.3) is 5.82 Å². The molecule has 0 aliphatic heterocycles. The van der Waals surface area contributed by atoms with Crippen molar-refractivity contribution in [2.45, 2.75) is 32.9 Å². The number of nitrogens with two attached hydrogens (primary N) is 1. The van der Waals surface area contributed by atoms with Gasteiger partial charge in [-0.1, -0.05) is 20.3 Å². The second kappa shape index (κ2) is 6.99. The number of hydrogen-bond acceptors (Lipinski definition) is 4. The van der Waals surface area contributed by atoms with E-state index >= 15 is 0 Å². The number of carbonyl (C=O) groups is 1. The van der Waals surface area contributed by atoms with Crippen LogP contribution in [0.5, 0.6) is 0 Å². The first kappa shape index (κ1) is 15.2. The molecule has 2 aromatic heterocycles. The van der Waals surface area contributed by atoms with E-state index in [1.807, 2.05) is 38.2 Å².